The number of ketones is 1. The normalized spacial score (nSPS) is 10.7. The summed E-state index contributed by atoms with van der Waals surface area (Å²) in [5, 5.41) is 8.11. The first kappa shape index (κ1) is 25.0. The Bertz CT molecular complexity index is 1430. The van der Waals surface area contributed by atoms with Gasteiger partial charge in [0.1, 0.15) is 0 Å². The lowest BCUT2D eigenvalue weighted by Crippen LogP contribution is -2.17. The second-order valence-electron chi connectivity index (χ2n) is 8.23. The molecule has 0 fully saturated rings. The molecule has 0 atom stereocenters. The summed E-state index contributed by atoms with van der Waals surface area (Å²) in [6.07, 6.45) is 0. The number of nitrogens with one attached hydrogen (secondary N) is 1. The van der Waals surface area contributed by atoms with Gasteiger partial charge < -0.3 is 14.8 Å². The van der Waals surface area contributed by atoms with Gasteiger partial charge in [-0.2, -0.15) is 5.10 Å². The van der Waals surface area contributed by atoms with Gasteiger partial charge in [-0.15, -0.1) is 0 Å². The van der Waals surface area contributed by atoms with Crippen LogP contribution in [0.25, 0.3) is 0 Å². The van der Waals surface area contributed by atoms with Crippen LogP contribution in [0.4, 0.5) is 5.69 Å². The van der Waals surface area contributed by atoms with Crippen LogP contribution in [-0.2, 0) is 6.54 Å². The molecule has 184 valence electrons. The quantitative estimate of drug-likeness (QED) is 0.312. The van der Waals surface area contributed by atoms with Gasteiger partial charge in [0.15, 0.2) is 17.3 Å². The molecule has 4 rings (SSSR count). The first-order chi connectivity index (χ1) is 17.3. The molecule has 0 aliphatic rings. The van der Waals surface area contributed by atoms with Crippen molar-refractivity contribution >= 4 is 29.0 Å². The van der Waals surface area contributed by atoms with Crippen LogP contribution in [0.5, 0.6) is 11.5 Å². The number of amides is 1. The maximum Gasteiger partial charge on any atom is 0.256 e. The van der Waals surface area contributed by atoms with Gasteiger partial charge in [0.05, 0.1) is 43.4 Å². The van der Waals surface area contributed by atoms with Crippen molar-refractivity contribution in [3.8, 4) is 11.5 Å². The van der Waals surface area contributed by atoms with Crippen LogP contribution >= 0.6 is 11.6 Å². The van der Waals surface area contributed by atoms with Gasteiger partial charge in [0, 0.05) is 16.1 Å². The third-order valence-corrected chi connectivity index (χ3v) is 6.18. The second kappa shape index (κ2) is 10.7. The molecule has 0 radical (unpaired) electrons. The molecule has 1 aromatic heterocycles. The van der Waals surface area contributed by atoms with Crippen LogP contribution in [0.15, 0.2) is 66.7 Å². The molecule has 7 nitrogen and oxygen atoms in total. The van der Waals surface area contributed by atoms with Gasteiger partial charge >= 0.3 is 0 Å². The molecule has 0 aliphatic heterocycles. The number of carbonyl (C=O) groups excluding carboxylic acids is 2. The first-order valence-electron chi connectivity index (χ1n) is 11.3. The first-order valence-corrected chi connectivity index (χ1v) is 11.7. The van der Waals surface area contributed by atoms with Crippen LogP contribution in [-0.4, -0.2) is 35.7 Å². The van der Waals surface area contributed by atoms with Crippen LogP contribution in [0.1, 0.15) is 43.2 Å². The fourth-order valence-corrected chi connectivity index (χ4v) is 4.13. The average Bonchev–Trinajstić information content (AvgIpc) is 3.15. The molecule has 0 unspecified atom stereocenters. The van der Waals surface area contributed by atoms with Crippen molar-refractivity contribution in [2.45, 2.75) is 20.4 Å². The molecule has 0 bridgehead atoms. The van der Waals surface area contributed by atoms with Crippen molar-refractivity contribution in [1.82, 2.24) is 9.78 Å². The number of methoxy groups -OCH3 is 2. The molecular formula is C28H26ClN3O4. The fraction of sp³-hybridized carbons (Fsp3) is 0.179. The molecule has 3 aromatic carbocycles. The number of hydrogen-bond acceptors (Lipinski definition) is 5. The highest BCUT2D eigenvalue weighted by atomic mass is 35.5. The Hall–Kier alpha value is -4.10. The number of aromatic nitrogens is 2. The van der Waals surface area contributed by atoms with E-state index in [-0.39, 0.29) is 17.3 Å². The number of aryl methyl sites for hydroxylation is 1. The summed E-state index contributed by atoms with van der Waals surface area (Å²) in [7, 11) is 3.18. The predicted molar refractivity (Wildman–Crippen MR) is 140 cm³/mol. The lowest BCUT2D eigenvalue weighted by atomic mass is 9.98. The Morgan fingerprint density at radius 3 is 2.25 bits per heavy atom. The Labute approximate surface area is 214 Å². The van der Waals surface area contributed by atoms with E-state index in [0.717, 1.165) is 11.3 Å². The maximum absolute atomic E-state index is 13.3. The lowest BCUT2D eigenvalue weighted by molar-refractivity contribution is 0.0996. The van der Waals surface area contributed by atoms with Gasteiger partial charge in [-0.1, -0.05) is 35.9 Å². The summed E-state index contributed by atoms with van der Waals surface area (Å²) in [4.78, 5) is 26.4. The van der Waals surface area contributed by atoms with Crippen molar-refractivity contribution in [3.63, 3.8) is 0 Å². The summed E-state index contributed by atoms with van der Waals surface area (Å²) in [5.41, 5.74) is 4.08. The Balaban J connectivity index is 1.58. The minimum absolute atomic E-state index is 0.255. The monoisotopic (exact) mass is 503 g/mol. The average molecular weight is 504 g/mol. The van der Waals surface area contributed by atoms with E-state index in [1.54, 1.807) is 62.8 Å². The van der Waals surface area contributed by atoms with Gasteiger partial charge in [0.2, 0.25) is 0 Å². The van der Waals surface area contributed by atoms with E-state index < -0.39 is 0 Å². The number of nitrogens with zero attached hydrogens (tertiary/aromatic N) is 2. The Kier molecular flexibility index (Phi) is 7.41. The van der Waals surface area contributed by atoms with E-state index in [0.29, 0.717) is 45.6 Å². The SMILES string of the molecule is COc1ccc(Cn2nc(C)c(NC(=O)c3ccccc3C(=O)c3ccc(Cl)cc3)c2C)cc1OC. The highest BCUT2D eigenvalue weighted by Crippen LogP contribution is 2.29. The molecular weight excluding hydrogens is 478 g/mol. The van der Waals surface area contributed by atoms with Crippen molar-refractivity contribution in [1.29, 1.82) is 0 Å². The highest BCUT2D eigenvalue weighted by molar-refractivity contribution is 6.30. The van der Waals surface area contributed by atoms with E-state index in [1.807, 2.05) is 36.7 Å². The third-order valence-electron chi connectivity index (χ3n) is 5.92. The largest absolute Gasteiger partial charge is 0.493 e. The minimum atomic E-state index is -0.384. The fourth-order valence-electron chi connectivity index (χ4n) is 4.00. The molecule has 1 N–H and O–H groups in total. The highest BCUT2D eigenvalue weighted by Gasteiger charge is 2.21. The molecule has 0 saturated carbocycles. The van der Waals surface area contributed by atoms with Crippen LogP contribution in [0.3, 0.4) is 0 Å². The van der Waals surface area contributed by atoms with Crippen molar-refractivity contribution in [2.24, 2.45) is 0 Å². The Morgan fingerprint density at radius 2 is 1.58 bits per heavy atom. The number of anilines is 1. The zero-order valence-electron chi connectivity index (χ0n) is 20.5. The molecule has 8 heteroatoms. The standard InChI is InChI=1S/C28H26ClN3O4/c1-17-26(18(2)32(31-17)16-19-9-14-24(35-3)25(15-19)36-4)30-28(34)23-8-6-5-7-22(23)27(33)20-10-12-21(29)13-11-20/h5-15H,16H2,1-4H3,(H,30,34). The van der Waals surface area contributed by atoms with Crippen LogP contribution in [0, 0.1) is 13.8 Å². The minimum Gasteiger partial charge on any atom is -0.493 e. The van der Waals surface area contributed by atoms with E-state index in [4.69, 9.17) is 21.1 Å². The summed E-state index contributed by atoms with van der Waals surface area (Å²) in [6, 6.07) is 19.0. The van der Waals surface area contributed by atoms with Crippen LogP contribution < -0.4 is 14.8 Å². The topological polar surface area (TPSA) is 82.5 Å². The molecule has 1 amide bonds. The Morgan fingerprint density at radius 1 is 0.917 bits per heavy atom. The van der Waals surface area contributed by atoms with E-state index in [2.05, 4.69) is 10.4 Å². The zero-order chi connectivity index (χ0) is 25.8. The van der Waals surface area contributed by atoms with E-state index in [1.165, 1.54) is 0 Å². The van der Waals surface area contributed by atoms with Gasteiger partial charge in [-0.05, 0) is 61.9 Å². The molecule has 0 aliphatic carbocycles. The van der Waals surface area contributed by atoms with Crippen LogP contribution in [0.2, 0.25) is 5.02 Å². The number of rotatable bonds is 8. The van der Waals surface area contributed by atoms with Gasteiger partial charge in [-0.25, -0.2) is 0 Å². The number of halogens is 1. The summed E-state index contributed by atoms with van der Waals surface area (Å²) in [6.45, 7) is 4.20. The smallest absolute Gasteiger partial charge is 0.256 e. The predicted octanol–water partition coefficient (Wildman–Crippen LogP) is 5.70. The molecule has 1 heterocycles. The van der Waals surface area contributed by atoms with Gasteiger partial charge in [-0.3, -0.25) is 14.3 Å². The molecule has 4 aromatic rings. The maximum atomic E-state index is 13.3. The summed E-state index contributed by atoms with van der Waals surface area (Å²) >= 11 is 5.95. The number of ether oxygens (including phenoxy) is 2. The molecule has 0 saturated heterocycles. The molecule has 36 heavy (non-hydrogen) atoms. The second-order valence-corrected chi connectivity index (χ2v) is 8.66. The number of benzene rings is 3. The van der Waals surface area contributed by atoms with Crippen molar-refractivity contribution in [3.05, 3.63) is 105 Å². The number of hydrogen-bond donors (Lipinski definition) is 1. The lowest BCUT2D eigenvalue weighted by Gasteiger charge is -2.12. The van der Waals surface area contributed by atoms with Crippen molar-refractivity contribution in [2.75, 3.05) is 19.5 Å². The zero-order valence-corrected chi connectivity index (χ0v) is 21.2. The summed E-state index contributed by atoms with van der Waals surface area (Å²) in [5.74, 6) is 0.640. The summed E-state index contributed by atoms with van der Waals surface area (Å²) < 4.78 is 12.5. The third kappa shape index (κ3) is 5.11. The van der Waals surface area contributed by atoms with Gasteiger partial charge in [0.25, 0.3) is 5.91 Å². The van der Waals surface area contributed by atoms with E-state index >= 15 is 0 Å². The van der Waals surface area contributed by atoms with Crippen molar-refractivity contribution < 1.29 is 19.1 Å². The number of carbonyl (C=O) groups is 2. The molecule has 0 spiro atoms. The van der Waals surface area contributed by atoms with E-state index in [9.17, 15) is 9.59 Å².